The van der Waals surface area contributed by atoms with Crippen LogP contribution in [0.3, 0.4) is 0 Å². The number of carbonyl (C=O) groups is 3. The zero-order chi connectivity index (χ0) is 29.0. The molecule has 3 heterocycles. The van der Waals surface area contributed by atoms with Crippen molar-refractivity contribution in [1.82, 2.24) is 14.8 Å². The van der Waals surface area contributed by atoms with Gasteiger partial charge in [-0.3, -0.25) is 14.4 Å². The molecule has 1 fully saturated rings. The van der Waals surface area contributed by atoms with Crippen LogP contribution in [0.1, 0.15) is 43.2 Å². The van der Waals surface area contributed by atoms with E-state index in [2.05, 4.69) is 16.4 Å². The fourth-order valence-electron chi connectivity index (χ4n) is 5.46. The van der Waals surface area contributed by atoms with Gasteiger partial charge in [0.05, 0.1) is 29.2 Å². The molecule has 1 aromatic heterocycles. The maximum Gasteiger partial charge on any atom is 0.270 e. The van der Waals surface area contributed by atoms with E-state index in [0.717, 1.165) is 22.6 Å². The summed E-state index contributed by atoms with van der Waals surface area (Å²) >= 11 is 0. The summed E-state index contributed by atoms with van der Waals surface area (Å²) < 4.78 is 33.9. The van der Waals surface area contributed by atoms with Crippen molar-refractivity contribution in [3.63, 3.8) is 0 Å². The number of fused-ring (bicyclic) bond motifs is 3. The highest BCUT2D eigenvalue weighted by atomic mass is 19.1. The highest BCUT2D eigenvalue weighted by molar-refractivity contribution is 6.07. The molecule has 40 heavy (non-hydrogen) atoms. The summed E-state index contributed by atoms with van der Waals surface area (Å²) in [5.74, 6) is -3.13. The van der Waals surface area contributed by atoms with E-state index in [4.69, 9.17) is 4.74 Å². The first-order chi connectivity index (χ1) is 18.8. The van der Waals surface area contributed by atoms with Gasteiger partial charge in [0.15, 0.2) is 0 Å². The summed E-state index contributed by atoms with van der Waals surface area (Å²) in [4.78, 5) is 46.0. The fraction of sp³-hybridized carbons (Fsp3) is 0.379. The Bertz CT molecular complexity index is 1570. The SMILES string of the molecule is CN(C(=O)c1cc2c(F)cc(F)cc2[nH]1)[C@@H](COC(C)(C)C)C(=O)N1C[C@]2(C[C@H]1C#N)C(=O)Nc1ccccc12. The van der Waals surface area contributed by atoms with Gasteiger partial charge < -0.3 is 24.8 Å². The number of likely N-dealkylation sites (N-methyl/N-ethyl adjacent to an activating group) is 1. The number of amides is 3. The Morgan fingerprint density at radius 3 is 2.67 bits per heavy atom. The Hall–Kier alpha value is -4.30. The van der Waals surface area contributed by atoms with Crippen LogP contribution in [0.5, 0.6) is 0 Å². The minimum Gasteiger partial charge on any atom is -0.373 e. The van der Waals surface area contributed by atoms with Crippen molar-refractivity contribution in [3.8, 4) is 6.07 Å². The largest absolute Gasteiger partial charge is 0.373 e. The van der Waals surface area contributed by atoms with E-state index >= 15 is 0 Å². The number of aromatic nitrogens is 1. The van der Waals surface area contributed by atoms with Crippen molar-refractivity contribution in [3.05, 3.63) is 65.4 Å². The molecular formula is C29H29F2N5O4. The van der Waals surface area contributed by atoms with Crippen molar-refractivity contribution >= 4 is 34.3 Å². The second-order valence-corrected chi connectivity index (χ2v) is 11.3. The summed E-state index contributed by atoms with van der Waals surface area (Å²) in [7, 11) is 1.41. The average Bonchev–Trinajstić information content (AvgIpc) is 3.57. The van der Waals surface area contributed by atoms with E-state index in [1.54, 1.807) is 39.0 Å². The molecule has 208 valence electrons. The van der Waals surface area contributed by atoms with E-state index in [1.165, 1.54) is 18.0 Å². The number of ether oxygens (including phenoxy) is 1. The number of aromatic amines is 1. The topological polar surface area (TPSA) is 119 Å². The van der Waals surface area contributed by atoms with Crippen molar-refractivity contribution in [2.24, 2.45) is 0 Å². The van der Waals surface area contributed by atoms with Crippen LogP contribution in [0.4, 0.5) is 14.5 Å². The van der Waals surface area contributed by atoms with E-state index in [9.17, 15) is 28.4 Å². The van der Waals surface area contributed by atoms with Crippen LogP contribution in [0.2, 0.25) is 0 Å². The van der Waals surface area contributed by atoms with Crippen LogP contribution in [-0.2, 0) is 19.7 Å². The van der Waals surface area contributed by atoms with Gasteiger partial charge in [-0.05, 0) is 44.5 Å². The second-order valence-electron chi connectivity index (χ2n) is 11.3. The smallest absolute Gasteiger partial charge is 0.270 e. The quantitative estimate of drug-likeness (QED) is 0.503. The highest BCUT2D eigenvalue weighted by Crippen LogP contribution is 2.46. The van der Waals surface area contributed by atoms with Crippen molar-refractivity contribution in [2.75, 3.05) is 25.5 Å². The molecule has 2 aliphatic heterocycles. The van der Waals surface area contributed by atoms with E-state index in [-0.39, 0.29) is 42.1 Å². The lowest BCUT2D eigenvalue weighted by Crippen LogP contribution is -2.54. The van der Waals surface area contributed by atoms with Gasteiger partial charge in [-0.15, -0.1) is 0 Å². The van der Waals surface area contributed by atoms with Crippen molar-refractivity contribution < 1.29 is 27.9 Å². The molecule has 0 saturated carbocycles. The maximum atomic E-state index is 14.3. The monoisotopic (exact) mass is 549 g/mol. The Labute approximate surface area is 229 Å². The molecule has 5 rings (SSSR count). The molecule has 1 saturated heterocycles. The lowest BCUT2D eigenvalue weighted by molar-refractivity contribution is -0.140. The number of H-pyrrole nitrogens is 1. The molecule has 9 nitrogen and oxygen atoms in total. The van der Waals surface area contributed by atoms with Gasteiger partial charge in [0, 0.05) is 37.2 Å². The standard InChI is InChI=1S/C29H29F2N5O4/c1-28(2,3)40-14-24(35(4)25(37)23-11-18-20(31)9-16(30)10-22(18)33-23)26(38)36-15-29(12-17(36)13-32)19-7-5-6-8-21(19)34-27(29)39/h5-11,17,24,33H,12,14-15H2,1-4H3,(H,34,39)/t17-,24-,29-/m0/s1. The third kappa shape index (κ3) is 4.58. The zero-order valence-electron chi connectivity index (χ0n) is 22.5. The summed E-state index contributed by atoms with van der Waals surface area (Å²) in [6, 6.07) is 10.3. The number of halogens is 2. The van der Waals surface area contributed by atoms with Gasteiger partial charge in [-0.25, -0.2) is 8.78 Å². The van der Waals surface area contributed by atoms with Gasteiger partial charge in [0.25, 0.3) is 5.91 Å². The molecule has 3 amide bonds. The number of carbonyl (C=O) groups excluding carboxylic acids is 3. The van der Waals surface area contributed by atoms with E-state index < -0.39 is 46.5 Å². The maximum absolute atomic E-state index is 14.3. The molecule has 3 atom stereocenters. The summed E-state index contributed by atoms with van der Waals surface area (Å²) in [6.07, 6.45) is 0.107. The molecule has 0 aliphatic carbocycles. The minimum absolute atomic E-state index is 0.0314. The van der Waals surface area contributed by atoms with Crippen molar-refractivity contribution in [2.45, 2.75) is 50.3 Å². The van der Waals surface area contributed by atoms with E-state index in [0.29, 0.717) is 5.69 Å². The number of benzene rings is 2. The molecule has 2 aromatic carbocycles. The minimum atomic E-state index is -1.18. The molecule has 1 spiro atoms. The highest BCUT2D eigenvalue weighted by Gasteiger charge is 2.56. The van der Waals surface area contributed by atoms with Crippen LogP contribution in [-0.4, -0.2) is 70.4 Å². The summed E-state index contributed by atoms with van der Waals surface area (Å²) in [6.45, 7) is 5.16. The van der Waals surface area contributed by atoms with Crippen LogP contribution >= 0.6 is 0 Å². The lowest BCUT2D eigenvalue weighted by Gasteiger charge is -2.33. The number of nitrogens with zero attached hydrogens (tertiary/aromatic N) is 3. The molecule has 11 heteroatoms. The number of hydrogen-bond acceptors (Lipinski definition) is 5. The number of hydrogen-bond donors (Lipinski definition) is 2. The molecule has 0 unspecified atom stereocenters. The number of para-hydroxylation sites is 1. The van der Waals surface area contributed by atoms with Gasteiger partial charge in [0.2, 0.25) is 11.8 Å². The number of rotatable bonds is 5. The average molecular weight is 550 g/mol. The lowest BCUT2D eigenvalue weighted by atomic mass is 9.80. The first-order valence-electron chi connectivity index (χ1n) is 12.8. The van der Waals surface area contributed by atoms with Crippen LogP contribution in [0.25, 0.3) is 10.9 Å². The number of nitrogens with one attached hydrogen (secondary N) is 2. The summed E-state index contributed by atoms with van der Waals surface area (Å²) in [5.41, 5.74) is -0.344. The van der Waals surface area contributed by atoms with Gasteiger partial charge >= 0.3 is 0 Å². The number of likely N-dealkylation sites (tertiary alicyclic amines) is 1. The Balaban J connectivity index is 1.48. The van der Waals surface area contributed by atoms with Crippen molar-refractivity contribution in [1.29, 1.82) is 5.26 Å². The molecule has 0 radical (unpaired) electrons. The van der Waals surface area contributed by atoms with Crippen LogP contribution in [0.15, 0.2) is 42.5 Å². The van der Waals surface area contributed by atoms with Gasteiger partial charge in [0.1, 0.15) is 29.4 Å². The molecule has 2 aliphatic rings. The first kappa shape index (κ1) is 27.3. The normalized spacial score (nSPS) is 20.9. The number of nitriles is 1. The molecule has 2 N–H and O–H groups in total. The van der Waals surface area contributed by atoms with Crippen LogP contribution in [0, 0.1) is 23.0 Å². The Morgan fingerprint density at radius 1 is 1.25 bits per heavy atom. The Morgan fingerprint density at radius 2 is 1.98 bits per heavy atom. The third-order valence-corrected chi connectivity index (χ3v) is 7.55. The molecular weight excluding hydrogens is 520 g/mol. The zero-order valence-corrected chi connectivity index (χ0v) is 22.5. The third-order valence-electron chi connectivity index (χ3n) is 7.55. The first-order valence-corrected chi connectivity index (χ1v) is 12.8. The van der Waals surface area contributed by atoms with Gasteiger partial charge in [-0.1, -0.05) is 18.2 Å². The second kappa shape index (κ2) is 9.71. The predicted molar refractivity (Wildman–Crippen MR) is 142 cm³/mol. The Kier molecular flexibility index (Phi) is 6.62. The molecule has 3 aromatic rings. The molecule has 0 bridgehead atoms. The van der Waals surface area contributed by atoms with E-state index in [1.807, 2.05) is 6.07 Å². The summed E-state index contributed by atoms with van der Waals surface area (Å²) in [5, 5.41) is 12.9. The fourth-order valence-corrected chi connectivity index (χ4v) is 5.46. The number of anilines is 1. The van der Waals surface area contributed by atoms with Gasteiger partial charge in [-0.2, -0.15) is 5.26 Å². The van der Waals surface area contributed by atoms with Crippen LogP contribution < -0.4 is 5.32 Å². The predicted octanol–water partition coefficient (Wildman–Crippen LogP) is 3.72.